The van der Waals surface area contributed by atoms with Gasteiger partial charge in [-0.2, -0.15) is 0 Å². The molecule has 1 rings (SSSR count). The van der Waals surface area contributed by atoms with Gasteiger partial charge in [-0.25, -0.2) is 0 Å². The van der Waals surface area contributed by atoms with E-state index < -0.39 is 0 Å². The van der Waals surface area contributed by atoms with Crippen molar-refractivity contribution in [1.82, 2.24) is 0 Å². The maximum atomic E-state index is 5.98. The number of rotatable bonds is 2. The van der Waals surface area contributed by atoms with E-state index in [1.165, 1.54) is 16.7 Å². The van der Waals surface area contributed by atoms with Gasteiger partial charge in [0, 0.05) is 11.1 Å². The van der Waals surface area contributed by atoms with Crippen molar-refractivity contribution < 1.29 is 4.74 Å². The standard InChI is InChI=1S/C17H28O.C2H6/c1-9-18-15-13(16(3,4)5)10-12(2)11-14(15)17(6,7)8;1-2/h10-11H,9H2,1-8H3;1-2H3. The summed E-state index contributed by atoms with van der Waals surface area (Å²) in [5.74, 6) is 1.09. The largest absolute Gasteiger partial charge is 0.493 e. The first-order chi connectivity index (χ1) is 9.07. The Labute approximate surface area is 126 Å². The smallest absolute Gasteiger partial charge is 0.126 e. The molecule has 0 N–H and O–H groups in total. The Morgan fingerprint density at radius 1 is 0.850 bits per heavy atom. The van der Waals surface area contributed by atoms with Crippen molar-refractivity contribution >= 4 is 0 Å². The zero-order valence-electron chi connectivity index (χ0n) is 15.3. The van der Waals surface area contributed by atoms with E-state index >= 15 is 0 Å². The second-order valence-corrected chi connectivity index (χ2v) is 7.12. The summed E-state index contributed by atoms with van der Waals surface area (Å²) in [6.07, 6.45) is 0. The highest BCUT2D eigenvalue weighted by Crippen LogP contribution is 2.40. The molecule has 0 aromatic heterocycles. The van der Waals surface area contributed by atoms with E-state index in [2.05, 4.69) is 67.5 Å². The Bertz CT molecular complexity index is 381. The first kappa shape index (κ1) is 19.0. The third-order valence-electron chi connectivity index (χ3n) is 3.14. The van der Waals surface area contributed by atoms with Gasteiger partial charge in [0.1, 0.15) is 5.75 Å². The van der Waals surface area contributed by atoms with Gasteiger partial charge in [0.25, 0.3) is 0 Å². The topological polar surface area (TPSA) is 9.23 Å². The van der Waals surface area contributed by atoms with Gasteiger partial charge in [-0.15, -0.1) is 0 Å². The van der Waals surface area contributed by atoms with Gasteiger partial charge < -0.3 is 4.74 Å². The van der Waals surface area contributed by atoms with Crippen molar-refractivity contribution in [2.24, 2.45) is 0 Å². The molecule has 0 amide bonds. The molecule has 0 aliphatic rings. The summed E-state index contributed by atoms with van der Waals surface area (Å²) >= 11 is 0. The minimum absolute atomic E-state index is 0.108. The highest BCUT2D eigenvalue weighted by Gasteiger charge is 2.27. The van der Waals surface area contributed by atoms with E-state index in [0.717, 1.165) is 12.4 Å². The average Bonchev–Trinajstić information content (AvgIpc) is 2.31. The molecule has 20 heavy (non-hydrogen) atoms. The molecule has 1 heteroatoms. The first-order valence-corrected chi connectivity index (χ1v) is 7.85. The summed E-state index contributed by atoms with van der Waals surface area (Å²) in [7, 11) is 0. The predicted molar refractivity (Wildman–Crippen MR) is 91.1 cm³/mol. The SMILES string of the molecule is CC.CCOc1c(C(C)(C)C)cc(C)cc1C(C)(C)C. The van der Waals surface area contributed by atoms with Gasteiger partial charge in [0.15, 0.2) is 0 Å². The summed E-state index contributed by atoms with van der Waals surface area (Å²) in [5, 5.41) is 0. The molecule has 0 bridgehead atoms. The van der Waals surface area contributed by atoms with Crippen LogP contribution in [-0.2, 0) is 10.8 Å². The van der Waals surface area contributed by atoms with Crippen LogP contribution < -0.4 is 4.74 Å². The Hall–Kier alpha value is -0.980. The number of hydrogen-bond acceptors (Lipinski definition) is 1. The zero-order chi connectivity index (χ0) is 16.1. The fraction of sp³-hybridized carbons (Fsp3) is 0.684. The van der Waals surface area contributed by atoms with Gasteiger partial charge in [0.05, 0.1) is 6.61 Å². The van der Waals surface area contributed by atoms with Crippen LogP contribution in [-0.4, -0.2) is 6.61 Å². The molecule has 0 radical (unpaired) electrons. The van der Waals surface area contributed by atoms with Crippen LogP contribution in [0.4, 0.5) is 0 Å². The lowest BCUT2D eigenvalue weighted by Crippen LogP contribution is -2.20. The van der Waals surface area contributed by atoms with Crippen molar-refractivity contribution in [3.8, 4) is 5.75 Å². The Kier molecular flexibility index (Phi) is 6.80. The van der Waals surface area contributed by atoms with Crippen LogP contribution in [0.15, 0.2) is 12.1 Å². The minimum Gasteiger partial charge on any atom is -0.493 e. The van der Waals surface area contributed by atoms with Gasteiger partial charge in [-0.3, -0.25) is 0 Å². The molecule has 0 saturated heterocycles. The summed E-state index contributed by atoms with van der Waals surface area (Å²) in [4.78, 5) is 0. The lowest BCUT2D eigenvalue weighted by Gasteiger charge is -2.30. The van der Waals surface area contributed by atoms with Crippen LogP contribution >= 0.6 is 0 Å². The van der Waals surface area contributed by atoms with Crippen molar-refractivity contribution in [3.63, 3.8) is 0 Å². The summed E-state index contributed by atoms with van der Waals surface area (Å²) in [6.45, 7) is 22.4. The molecule has 1 aromatic rings. The van der Waals surface area contributed by atoms with E-state index in [9.17, 15) is 0 Å². The molecule has 0 heterocycles. The maximum Gasteiger partial charge on any atom is 0.126 e. The van der Waals surface area contributed by atoms with E-state index in [0.29, 0.717) is 0 Å². The molecule has 0 unspecified atom stereocenters. The van der Waals surface area contributed by atoms with Crippen molar-refractivity contribution in [2.45, 2.75) is 80.1 Å². The molecule has 0 aliphatic heterocycles. The molecule has 1 nitrogen and oxygen atoms in total. The maximum absolute atomic E-state index is 5.98. The molecule has 1 aromatic carbocycles. The summed E-state index contributed by atoms with van der Waals surface area (Å²) in [5.41, 5.74) is 4.16. The van der Waals surface area contributed by atoms with E-state index in [1.54, 1.807) is 0 Å². The van der Waals surface area contributed by atoms with Crippen LogP contribution in [0, 0.1) is 6.92 Å². The van der Waals surface area contributed by atoms with Crippen molar-refractivity contribution in [2.75, 3.05) is 6.61 Å². The van der Waals surface area contributed by atoms with Crippen molar-refractivity contribution in [1.29, 1.82) is 0 Å². The third-order valence-corrected chi connectivity index (χ3v) is 3.14. The third kappa shape index (κ3) is 4.85. The zero-order valence-corrected chi connectivity index (χ0v) is 15.3. The van der Waals surface area contributed by atoms with Gasteiger partial charge in [-0.05, 0) is 24.7 Å². The lowest BCUT2D eigenvalue weighted by molar-refractivity contribution is 0.319. The molecule has 116 valence electrons. The van der Waals surface area contributed by atoms with Crippen LogP contribution in [0.25, 0.3) is 0 Å². The monoisotopic (exact) mass is 278 g/mol. The molecule has 0 saturated carbocycles. The van der Waals surface area contributed by atoms with E-state index in [1.807, 2.05) is 13.8 Å². The highest BCUT2D eigenvalue weighted by molar-refractivity contribution is 5.50. The fourth-order valence-corrected chi connectivity index (χ4v) is 2.19. The van der Waals surface area contributed by atoms with Gasteiger partial charge >= 0.3 is 0 Å². The lowest BCUT2D eigenvalue weighted by atomic mass is 9.78. The van der Waals surface area contributed by atoms with Crippen molar-refractivity contribution in [3.05, 3.63) is 28.8 Å². The Morgan fingerprint density at radius 3 is 1.45 bits per heavy atom. The number of benzene rings is 1. The summed E-state index contributed by atoms with van der Waals surface area (Å²) < 4.78 is 5.98. The first-order valence-electron chi connectivity index (χ1n) is 7.85. The van der Waals surface area contributed by atoms with Crippen LogP contribution in [0.3, 0.4) is 0 Å². The second kappa shape index (κ2) is 7.15. The molecule has 0 fully saturated rings. The molecular formula is C19H34O. The van der Waals surface area contributed by atoms with Gasteiger partial charge in [-0.1, -0.05) is 73.1 Å². The van der Waals surface area contributed by atoms with E-state index in [-0.39, 0.29) is 10.8 Å². The van der Waals surface area contributed by atoms with Crippen LogP contribution in [0.1, 0.15) is 79.0 Å². The van der Waals surface area contributed by atoms with Crippen LogP contribution in [0.5, 0.6) is 5.75 Å². The Morgan fingerprint density at radius 2 is 1.20 bits per heavy atom. The molecule has 0 spiro atoms. The number of aryl methyl sites for hydroxylation is 1. The normalized spacial score (nSPS) is 11.7. The Balaban J connectivity index is 0.00000172. The minimum atomic E-state index is 0.108. The van der Waals surface area contributed by atoms with Crippen LogP contribution in [0.2, 0.25) is 0 Å². The fourth-order valence-electron chi connectivity index (χ4n) is 2.19. The number of ether oxygens (including phenoxy) is 1. The second-order valence-electron chi connectivity index (χ2n) is 7.12. The van der Waals surface area contributed by atoms with Gasteiger partial charge in [0.2, 0.25) is 0 Å². The quantitative estimate of drug-likeness (QED) is 0.643. The average molecular weight is 278 g/mol. The highest BCUT2D eigenvalue weighted by atomic mass is 16.5. The number of hydrogen-bond donors (Lipinski definition) is 0. The summed E-state index contributed by atoms with van der Waals surface area (Å²) in [6, 6.07) is 4.53. The molecular weight excluding hydrogens is 244 g/mol. The van der Waals surface area contributed by atoms with E-state index in [4.69, 9.17) is 4.74 Å². The molecule has 0 aliphatic carbocycles. The predicted octanol–water partition coefficient (Wildman–Crippen LogP) is 6.01. The molecule has 0 atom stereocenters.